The molecule has 1 amide bonds. The molecule has 0 aliphatic heterocycles. The van der Waals surface area contributed by atoms with Gasteiger partial charge >= 0.3 is 0 Å². The van der Waals surface area contributed by atoms with Crippen molar-refractivity contribution >= 4 is 12.1 Å². The van der Waals surface area contributed by atoms with E-state index in [1.54, 1.807) is 24.3 Å². The number of methoxy groups -OCH3 is 1. The minimum Gasteiger partial charge on any atom is -0.507 e. The molecular weight excluding hydrogens is 272 g/mol. The van der Waals surface area contributed by atoms with Gasteiger partial charge in [0.15, 0.2) is 0 Å². The van der Waals surface area contributed by atoms with Gasteiger partial charge in [-0.3, -0.25) is 4.79 Å². The van der Waals surface area contributed by atoms with Crippen LogP contribution in [0.5, 0.6) is 17.2 Å². The van der Waals surface area contributed by atoms with Crippen molar-refractivity contribution in [1.29, 1.82) is 0 Å². The van der Waals surface area contributed by atoms with E-state index in [2.05, 4.69) is 10.5 Å². The SMILES string of the molecule is COc1cccc(O)c1C=NNC(=O)c1ccccc1O. The number of phenolic OH excluding ortho intramolecular Hbond substituents is 2. The van der Waals surface area contributed by atoms with Crippen LogP contribution in [0, 0.1) is 0 Å². The summed E-state index contributed by atoms with van der Waals surface area (Å²) in [5.41, 5.74) is 2.73. The summed E-state index contributed by atoms with van der Waals surface area (Å²) in [6.45, 7) is 0. The summed E-state index contributed by atoms with van der Waals surface area (Å²) in [5.74, 6) is -0.283. The summed E-state index contributed by atoms with van der Waals surface area (Å²) in [6.07, 6.45) is 1.27. The number of hydrogen-bond donors (Lipinski definition) is 3. The number of ether oxygens (including phenoxy) is 1. The minimum atomic E-state index is -0.557. The van der Waals surface area contributed by atoms with Crippen molar-refractivity contribution in [3.8, 4) is 17.2 Å². The number of benzene rings is 2. The van der Waals surface area contributed by atoms with Gasteiger partial charge < -0.3 is 14.9 Å². The van der Waals surface area contributed by atoms with Crippen LogP contribution in [-0.4, -0.2) is 29.4 Å². The van der Waals surface area contributed by atoms with Gasteiger partial charge in [-0.1, -0.05) is 18.2 Å². The molecular formula is C15H14N2O4. The van der Waals surface area contributed by atoms with Gasteiger partial charge in [0.05, 0.1) is 24.5 Å². The molecule has 0 aromatic heterocycles. The standard InChI is InChI=1S/C15H14N2O4/c1-21-14-8-4-7-13(19)11(14)9-16-17-15(20)10-5-2-3-6-12(10)18/h2-9,18-19H,1H3,(H,17,20). The third kappa shape index (κ3) is 3.30. The quantitative estimate of drug-likeness (QED) is 0.591. The number of nitrogens with zero attached hydrogens (tertiary/aromatic N) is 1. The second-order valence-corrected chi connectivity index (χ2v) is 4.11. The van der Waals surface area contributed by atoms with E-state index < -0.39 is 5.91 Å². The predicted octanol–water partition coefficient (Wildman–Crippen LogP) is 1.87. The van der Waals surface area contributed by atoms with Gasteiger partial charge in [-0.25, -0.2) is 5.43 Å². The Kier molecular flexibility index (Phi) is 4.40. The third-order valence-corrected chi connectivity index (χ3v) is 2.77. The van der Waals surface area contributed by atoms with Crippen LogP contribution in [-0.2, 0) is 0 Å². The normalized spacial score (nSPS) is 10.5. The largest absolute Gasteiger partial charge is 0.507 e. The molecule has 0 saturated carbocycles. The Morgan fingerprint density at radius 1 is 1.14 bits per heavy atom. The number of carbonyl (C=O) groups excluding carboxylic acids is 1. The molecule has 0 atom stereocenters. The second-order valence-electron chi connectivity index (χ2n) is 4.11. The molecule has 0 unspecified atom stereocenters. The molecule has 2 aromatic carbocycles. The van der Waals surface area contributed by atoms with E-state index in [0.29, 0.717) is 11.3 Å². The van der Waals surface area contributed by atoms with E-state index in [-0.39, 0.29) is 17.1 Å². The summed E-state index contributed by atoms with van der Waals surface area (Å²) in [4.78, 5) is 11.8. The number of carbonyl (C=O) groups is 1. The molecule has 108 valence electrons. The molecule has 0 spiro atoms. The maximum atomic E-state index is 11.8. The van der Waals surface area contributed by atoms with Gasteiger partial charge in [0, 0.05) is 0 Å². The van der Waals surface area contributed by atoms with Crippen molar-refractivity contribution in [2.45, 2.75) is 0 Å². The fourth-order valence-electron chi connectivity index (χ4n) is 1.72. The molecule has 2 rings (SSSR count). The Morgan fingerprint density at radius 3 is 2.57 bits per heavy atom. The van der Waals surface area contributed by atoms with Crippen LogP contribution in [0.2, 0.25) is 0 Å². The van der Waals surface area contributed by atoms with Crippen molar-refractivity contribution in [2.75, 3.05) is 7.11 Å². The fourth-order valence-corrected chi connectivity index (χ4v) is 1.72. The smallest absolute Gasteiger partial charge is 0.275 e. The van der Waals surface area contributed by atoms with Crippen LogP contribution >= 0.6 is 0 Å². The molecule has 6 heteroatoms. The number of hydrogen-bond acceptors (Lipinski definition) is 5. The van der Waals surface area contributed by atoms with E-state index in [9.17, 15) is 15.0 Å². The van der Waals surface area contributed by atoms with Crippen LogP contribution in [0.3, 0.4) is 0 Å². The Balaban J connectivity index is 2.13. The van der Waals surface area contributed by atoms with E-state index in [1.807, 2.05) is 0 Å². The van der Waals surface area contributed by atoms with Gasteiger partial charge in [-0.2, -0.15) is 5.10 Å². The number of phenols is 2. The number of aromatic hydroxyl groups is 2. The van der Waals surface area contributed by atoms with Crippen molar-refractivity contribution < 1.29 is 19.7 Å². The molecule has 0 radical (unpaired) electrons. The average molecular weight is 286 g/mol. The highest BCUT2D eigenvalue weighted by molar-refractivity contribution is 5.97. The van der Waals surface area contributed by atoms with E-state index in [0.717, 1.165) is 0 Å². The molecule has 6 nitrogen and oxygen atoms in total. The predicted molar refractivity (Wildman–Crippen MR) is 77.8 cm³/mol. The molecule has 0 aliphatic rings. The Bertz CT molecular complexity index is 683. The summed E-state index contributed by atoms with van der Waals surface area (Å²) in [7, 11) is 1.46. The highest BCUT2D eigenvalue weighted by Crippen LogP contribution is 2.25. The molecule has 0 saturated heterocycles. The zero-order chi connectivity index (χ0) is 15.2. The fraction of sp³-hybridized carbons (Fsp3) is 0.0667. The van der Waals surface area contributed by atoms with Gasteiger partial charge in [0.2, 0.25) is 0 Å². The topological polar surface area (TPSA) is 91.2 Å². The maximum Gasteiger partial charge on any atom is 0.275 e. The van der Waals surface area contributed by atoms with Crippen LogP contribution in [0.25, 0.3) is 0 Å². The summed E-state index contributed by atoms with van der Waals surface area (Å²) in [6, 6.07) is 10.9. The van der Waals surface area contributed by atoms with Crippen LogP contribution < -0.4 is 10.2 Å². The molecule has 3 N–H and O–H groups in total. The second kappa shape index (κ2) is 6.42. The molecule has 0 aliphatic carbocycles. The summed E-state index contributed by atoms with van der Waals surface area (Å²) >= 11 is 0. The Hall–Kier alpha value is -3.02. The highest BCUT2D eigenvalue weighted by atomic mass is 16.5. The maximum absolute atomic E-state index is 11.8. The van der Waals surface area contributed by atoms with E-state index in [1.165, 1.54) is 31.5 Å². The number of para-hydroxylation sites is 1. The van der Waals surface area contributed by atoms with E-state index in [4.69, 9.17) is 4.74 Å². The Labute approximate surface area is 121 Å². The van der Waals surface area contributed by atoms with Crippen molar-refractivity contribution in [1.82, 2.24) is 5.43 Å². The van der Waals surface area contributed by atoms with Crippen molar-refractivity contribution in [3.05, 3.63) is 53.6 Å². The lowest BCUT2D eigenvalue weighted by molar-refractivity contribution is 0.0952. The summed E-state index contributed by atoms with van der Waals surface area (Å²) < 4.78 is 5.08. The molecule has 0 bridgehead atoms. The average Bonchev–Trinajstić information content (AvgIpc) is 2.49. The van der Waals surface area contributed by atoms with Crippen LogP contribution in [0.4, 0.5) is 0 Å². The molecule has 0 heterocycles. The molecule has 2 aromatic rings. The van der Waals surface area contributed by atoms with Gasteiger partial charge in [-0.15, -0.1) is 0 Å². The highest BCUT2D eigenvalue weighted by Gasteiger charge is 2.09. The first-order chi connectivity index (χ1) is 10.1. The summed E-state index contributed by atoms with van der Waals surface area (Å²) in [5, 5.41) is 23.0. The van der Waals surface area contributed by atoms with Crippen molar-refractivity contribution in [2.24, 2.45) is 5.10 Å². The number of amides is 1. The number of rotatable bonds is 4. The van der Waals surface area contributed by atoms with Gasteiger partial charge in [0.1, 0.15) is 17.2 Å². The first-order valence-electron chi connectivity index (χ1n) is 6.11. The zero-order valence-electron chi connectivity index (χ0n) is 11.3. The first kappa shape index (κ1) is 14.4. The lowest BCUT2D eigenvalue weighted by atomic mass is 10.2. The zero-order valence-corrected chi connectivity index (χ0v) is 11.3. The number of nitrogens with one attached hydrogen (secondary N) is 1. The van der Waals surface area contributed by atoms with Crippen molar-refractivity contribution in [3.63, 3.8) is 0 Å². The van der Waals surface area contributed by atoms with E-state index >= 15 is 0 Å². The molecule has 21 heavy (non-hydrogen) atoms. The first-order valence-corrected chi connectivity index (χ1v) is 6.11. The van der Waals surface area contributed by atoms with Crippen LogP contribution in [0.15, 0.2) is 47.6 Å². The lowest BCUT2D eigenvalue weighted by Gasteiger charge is -2.06. The lowest BCUT2D eigenvalue weighted by Crippen LogP contribution is -2.17. The molecule has 0 fully saturated rings. The van der Waals surface area contributed by atoms with Crippen LogP contribution in [0.1, 0.15) is 15.9 Å². The van der Waals surface area contributed by atoms with Gasteiger partial charge in [0.25, 0.3) is 5.91 Å². The monoisotopic (exact) mass is 286 g/mol. The van der Waals surface area contributed by atoms with Gasteiger partial charge in [-0.05, 0) is 24.3 Å². The third-order valence-electron chi connectivity index (χ3n) is 2.77. The minimum absolute atomic E-state index is 0.0186. The Morgan fingerprint density at radius 2 is 1.86 bits per heavy atom. The number of hydrazone groups is 1.